The van der Waals surface area contributed by atoms with Gasteiger partial charge < -0.3 is 11.1 Å². The van der Waals surface area contributed by atoms with E-state index in [0.717, 1.165) is 18.4 Å². The van der Waals surface area contributed by atoms with E-state index < -0.39 is 11.1 Å². The molecule has 0 radical (unpaired) electrons. The van der Waals surface area contributed by atoms with E-state index in [1.54, 1.807) is 0 Å². The van der Waals surface area contributed by atoms with Gasteiger partial charge in [0.1, 0.15) is 5.67 Å². The molecule has 1 heterocycles. The molecule has 1 aliphatic heterocycles. The van der Waals surface area contributed by atoms with Crippen molar-refractivity contribution in [2.45, 2.75) is 31.4 Å². The molecule has 1 aromatic rings. The van der Waals surface area contributed by atoms with Crippen LogP contribution in [0.25, 0.3) is 0 Å². The average molecular weight is 276 g/mol. The molecular weight excluding hydrogens is 255 g/mol. The first kappa shape index (κ1) is 13.6. The number of amides is 1. The normalized spacial score (nSPS) is 31.1. The molecule has 20 heavy (non-hydrogen) atoms. The Balaban J connectivity index is 1.73. The van der Waals surface area contributed by atoms with Crippen molar-refractivity contribution in [1.29, 1.82) is 0 Å². The Morgan fingerprint density at radius 1 is 1.35 bits per heavy atom. The zero-order chi connectivity index (χ0) is 14.2. The fourth-order valence-electron chi connectivity index (χ4n) is 3.37. The number of carbonyl (C=O) groups is 1. The van der Waals surface area contributed by atoms with E-state index in [1.165, 1.54) is 0 Å². The lowest BCUT2D eigenvalue weighted by molar-refractivity contribution is -0.124. The van der Waals surface area contributed by atoms with E-state index in [2.05, 4.69) is 5.32 Å². The molecule has 1 aromatic carbocycles. The fourth-order valence-corrected chi connectivity index (χ4v) is 3.37. The van der Waals surface area contributed by atoms with Crippen molar-refractivity contribution in [3.63, 3.8) is 0 Å². The predicted molar refractivity (Wildman–Crippen MR) is 75.8 cm³/mol. The lowest BCUT2D eigenvalue weighted by Crippen LogP contribution is -2.40. The maximum atomic E-state index is 15.3. The highest BCUT2D eigenvalue weighted by Gasteiger charge is 2.57. The number of rotatable bonds is 5. The molecule has 0 spiro atoms. The van der Waals surface area contributed by atoms with Gasteiger partial charge in [0.25, 0.3) is 0 Å². The van der Waals surface area contributed by atoms with Crippen LogP contribution in [-0.2, 0) is 11.2 Å². The average Bonchev–Trinajstić information content (AvgIpc) is 3.11. The quantitative estimate of drug-likeness (QED) is 0.862. The van der Waals surface area contributed by atoms with Crippen LogP contribution >= 0.6 is 0 Å². The van der Waals surface area contributed by atoms with Gasteiger partial charge in [0.2, 0.25) is 5.91 Å². The van der Waals surface area contributed by atoms with E-state index in [1.807, 2.05) is 30.3 Å². The van der Waals surface area contributed by atoms with Gasteiger partial charge in [-0.2, -0.15) is 0 Å². The first-order valence-corrected chi connectivity index (χ1v) is 7.28. The number of benzene rings is 1. The molecule has 108 valence electrons. The molecule has 3 rings (SSSR count). The number of alkyl halides is 1. The number of nitrogens with two attached hydrogens (primary N) is 1. The van der Waals surface area contributed by atoms with Gasteiger partial charge in [-0.1, -0.05) is 30.3 Å². The van der Waals surface area contributed by atoms with Gasteiger partial charge in [-0.05, 0) is 31.2 Å². The zero-order valence-electron chi connectivity index (χ0n) is 11.6. The Morgan fingerprint density at radius 2 is 2.05 bits per heavy atom. The number of hydrogen-bond donors (Lipinski definition) is 2. The third-order valence-electron chi connectivity index (χ3n) is 4.87. The molecule has 2 fully saturated rings. The monoisotopic (exact) mass is 276 g/mol. The minimum Gasteiger partial charge on any atom is -0.369 e. The first-order valence-electron chi connectivity index (χ1n) is 7.28. The summed E-state index contributed by atoms with van der Waals surface area (Å²) in [6.07, 6.45) is 2.47. The summed E-state index contributed by atoms with van der Waals surface area (Å²) >= 11 is 0. The van der Waals surface area contributed by atoms with Crippen molar-refractivity contribution < 1.29 is 9.18 Å². The molecule has 1 aliphatic carbocycles. The van der Waals surface area contributed by atoms with Crippen molar-refractivity contribution in [2.75, 3.05) is 13.1 Å². The molecule has 0 unspecified atom stereocenters. The maximum absolute atomic E-state index is 15.3. The third-order valence-corrected chi connectivity index (χ3v) is 4.87. The SMILES string of the molecule is NC(=O)C1(C[C@@]2(F)CNC[C@H]2Cc2ccccc2)CC1. The lowest BCUT2D eigenvalue weighted by atomic mass is 9.79. The van der Waals surface area contributed by atoms with Crippen molar-refractivity contribution in [3.8, 4) is 0 Å². The summed E-state index contributed by atoms with van der Waals surface area (Å²) in [5.41, 5.74) is 4.70. The van der Waals surface area contributed by atoms with Gasteiger partial charge in [0.05, 0.1) is 5.41 Å². The summed E-state index contributed by atoms with van der Waals surface area (Å²) in [7, 11) is 0. The lowest BCUT2D eigenvalue weighted by Gasteiger charge is -2.29. The highest BCUT2D eigenvalue weighted by Crippen LogP contribution is 2.54. The maximum Gasteiger partial charge on any atom is 0.223 e. The van der Waals surface area contributed by atoms with Gasteiger partial charge in [0.15, 0.2) is 0 Å². The molecule has 3 nitrogen and oxygen atoms in total. The second-order valence-electron chi connectivity index (χ2n) is 6.37. The second-order valence-corrected chi connectivity index (χ2v) is 6.37. The molecule has 1 saturated heterocycles. The van der Waals surface area contributed by atoms with Crippen molar-refractivity contribution in [2.24, 2.45) is 17.1 Å². The number of carbonyl (C=O) groups excluding carboxylic acids is 1. The summed E-state index contributed by atoms with van der Waals surface area (Å²) in [6.45, 7) is 1.000. The molecule has 2 atom stereocenters. The van der Waals surface area contributed by atoms with Crippen LogP contribution in [0.2, 0.25) is 0 Å². The summed E-state index contributed by atoms with van der Waals surface area (Å²) in [5, 5.41) is 3.15. The molecule has 2 aliphatic rings. The highest BCUT2D eigenvalue weighted by atomic mass is 19.1. The molecule has 0 bridgehead atoms. The summed E-state index contributed by atoms with van der Waals surface area (Å²) in [4.78, 5) is 11.5. The minimum absolute atomic E-state index is 0.0817. The highest BCUT2D eigenvalue weighted by molar-refractivity contribution is 5.83. The number of hydrogen-bond acceptors (Lipinski definition) is 2. The Hall–Kier alpha value is -1.42. The fraction of sp³-hybridized carbons (Fsp3) is 0.562. The standard InChI is InChI=1S/C16H21FN2O/c17-16(10-15(6-7-15)14(18)20)11-19-9-13(16)8-12-4-2-1-3-5-12/h1-5,13,19H,6-11H2,(H2,18,20)/t13-,16-/m1/s1. The summed E-state index contributed by atoms with van der Waals surface area (Å²) in [5.74, 6) is -0.415. The molecular formula is C16H21FN2O. The van der Waals surface area contributed by atoms with E-state index in [0.29, 0.717) is 19.5 Å². The number of nitrogens with one attached hydrogen (secondary N) is 1. The van der Waals surface area contributed by atoms with Crippen LogP contribution in [0.1, 0.15) is 24.8 Å². The van der Waals surface area contributed by atoms with Crippen LogP contribution in [0.4, 0.5) is 4.39 Å². The van der Waals surface area contributed by atoms with E-state index in [9.17, 15) is 4.79 Å². The van der Waals surface area contributed by atoms with Gasteiger partial charge >= 0.3 is 0 Å². The van der Waals surface area contributed by atoms with Crippen LogP contribution in [0.5, 0.6) is 0 Å². The van der Waals surface area contributed by atoms with Crippen molar-refractivity contribution >= 4 is 5.91 Å². The van der Waals surface area contributed by atoms with Gasteiger partial charge in [-0.3, -0.25) is 4.79 Å². The van der Waals surface area contributed by atoms with E-state index in [4.69, 9.17) is 5.73 Å². The predicted octanol–water partition coefficient (Wildman–Crippen LogP) is 1.81. The Labute approximate surface area is 118 Å². The van der Waals surface area contributed by atoms with Gasteiger partial charge in [-0.15, -0.1) is 0 Å². The molecule has 1 saturated carbocycles. The van der Waals surface area contributed by atoms with Crippen LogP contribution in [0.3, 0.4) is 0 Å². The minimum atomic E-state index is -1.32. The largest absolute Gasteiger partial charge is 0.369 e. The van der Waals surface area contributed by atoms with Crippen LogP contribution < -0.4 is 11.1 Å². The number of halogens is 1. The Morgan fingerprint density at radius 3 is 2.65 bits per heavy atom. The molecule has 3 N–H and O–H groups in total. The summed E-state index contributed by atoms with van der Waals surface area (Å²) < 4.78 is 15.3. The first-order chi connectivity index (χ1) is 9.54. The van der Waals surface area contributed by atoms with Crippen LogP contribution in [0.15, 0.2) is 30.3 Å². The van der Waals surface area contributed by atoms with Crippen molar-refractivity contribution in [1.82, 2.24) is 5.32 Å². The zero-order valence-corrected chi connectivity index (χ0v) is 11.6. The Bertz CT molecular complexity index is 500. The third kappa shape index (κ3) is 2.44. The second kappa shape index (κ2) is 4.85. The van der Waals surface area contributed by atoms with Gasteiger partial charge in [-0.25, -0.2) is 4.39 Å². The molecule has 1 amide bonds. The van der Waals surface area contributed by atoms with Crippen LogP contribution in [0, 0.1) is 11.3 Å². The van der Waals surface area contributed by atoms with E-state index >= 15 is 4.39 Å². The molecule has 0 aromatic heterocycles. The Kier molecular flexibility index (Phi) is 3.28. The van der Waals surface area contributed by atoms with Crippen LogP contribution in [-0.4, -0.2) is 24.7 Å². The summed E-state index contributed by atoms with van der Waals surface area (Å²) in [6, 6.07) is 9.97. The topological polar surface area (TPSA) is 55.1 Å². The van der Waals surface area contributed by atoms with Gasteiger partial charge in [0, 0.05) is 19.0 Å². The van der Waals surface area contributed by atoms with E-state index in [-0.39, 0.29) is 18.2 Å². The van der Waals surface area contributed by atoms with Crippen molar-refractivity contribution in [3.05, 3.63) is 35.9 Å². The number of primary amides is 1. The molecule has 4 heteroatoms. The smallest absolute Gasteiger partial charge is 0.223 e.